The van der Waals surface area contributed by atoms with Gasteiger partial charge in [-0.3, -0.25) is 4.79 Å². The van der Waals surface area contributed by atoms with Gasteiger partial charge in [-0.05, 0) is 18.8 Å². The number of hydrogen-bond donors (Lipinski definition) is 3. The lowest BCUT2D eigenvalue weighted by molar-refractivity contribution is -0.139. The van der Waals surface area contributed by atoms with Gasteiger partial charge in [-0.2, -0.15) is 0 Å². The summed E-state index contributed by atoms with van der Waals surface area (Å²) in [5, 5.41) is 17.2. The molecule has 0 aliphatic carbocycles. The third kappa shape index (κ3) is 5.94. The number of carbonyl (C=O) groups is 1. The van der Waals surface area contributed by atoms with Gasteiger partial charge in [-0.1, -0.05) is 26.2 Å². The molecule has 4 heteroatoms. The van der Waals surface area contributed by atoms with E-state index in [4.69, 9.17) is 15.9 Å². The van der Waals surface area contributed by atoms with Crippen molar-refractivity contribution in [1.82, 2.24) is 0 Å². The maximum absolute atomic E-state index is 10.5. The zero-order chi connectivity index (χ0) is 11.0. The number of carboxylic acid groups (broad SMARTS) is 1. The van der Waals surface area contributed by atoms with Crippen molar-refractivity contribution >= 4 is 5.97 Å². The standard InChI is InChI=1S/C10H21NO3/c1-8(9(11)10(13)14)6-4-2-3-5-7-12/h8-9,12H,2-7,11H2,1H3,(H,13,14)/t8?,9-/m0/s1. The molecule has 0 bridgehead atoms. The van der Waals surface area contributed by atoms with E-state index in [9.17, 15) is 4.79 Å². The molecule has 14 heavy (non-hydrogen) atoms. The monoisotopic (exact) mass is 203 g/mol. The molecule has 0 aromatic heterocycles. The summed E-state index contributed by atoms with van der Waals surface area (Å²) in [5.41, 5.74) is 5.46. The van der Waals surface area contributed by atoms with Crippen molar-refractivity contribution in [2.45, 2.75) is 45.1 Å². The molecule has 0 aromatic rings. The Morgan fingerprint density at radius 3 is 2.36 bits per heavy atom. The first-order chi connectivity index (χ1) is 6.59. The molecule has 4 N–H and O–H groups in total. The Labute approximate surface area is 85.1 Å². The van der Waals surface area contributed by atoms with Crippen LogP contribution in [0.15, 0.2) is 0 Å². The number of hydrogen-bond acceptors (Lipinski definition) is 3. The van der Waals surface area contributed by atoms with E-state index >= 15 is 0 Å². The van der Waals surface area contributed by atoms with Crippen LogP contribution in [0.1, 0.15) is 39.0 Å². The van der Waals surface area contributed by atoms with Crippen molar-refractivity contribution in [3.8, 4) is 0 Å². The summed E-state index contributed by atoms with van der Waals surface area (Å²) in [6.45, 7) is 2.11. The van der Waals surface area contributed by atoms with Gasteiger partial charge in [0.25, 0.3) is 0 Å². The predicted molar refractivity (Wildman–Crippen MR) is 54.9 cm³/mol. The number of unbranched alkanes of at least 4 members (excludes halogenated alkanes) is 3. The lowest BCUT2D eigenvalue weighted by Gasteiger charge is -2.15. The molecule has 2 atom stereocenters. The molecule has 0 fully saturated rings. The number of nitrogens with two attached hydrogens (primary N) is 1. The van der Waals surface area contributed by atoms with Crippen LogP contribution in [0.5, 0.6) is 0 Å². The van der Waals surface area contributed by atoms with E-state index in [1.54, 1.807) is 0 Å². The van der Waals surface area contributed by atoms with Gasteiger partial charge in [0.1, 0.15) is 6.04 Å². The molecular formula is C10H21NO3. The van der Waals surface area contributed by atoms with Gasteiger partial charge in [-0.25, -0.2) is 0 Å². The summed E-state index contributed by atoms with van der Waals surface area (Å²) in [4.78, 5) is 10.5. The minimum Gasteiger partial charge on any atom is -0.480 e. The van der Waals surface area contributed by atoms with Crippen molar-refractivity contribution in [2.24, 2.45) is 11.7 Å². The SMILES string of the molecule is CC(CCCCCCO)[C@H](N)C(=O)O. The van der Waals surface area contributed by atoms with Crippen LogP contribution in [0.4, 0.5) is 0 Å². The van der Waals surface area contributed by atoms with Crippen LogP contribution in [-0.2, 0) is 4.79 Å². The van der Waals surface area contributed by atoms with Crippen molar-refractivity contribution < 1.29 is 15.0 Å². The van der Waals surface area contributed by atoms with Crippen molar-refractivity contribution in [2.75, 3.05) is 6.61 Å². The second kappa shape index (κ2) is 7.76. The number of aliphatic hydroxyl groups excluding tert-OH is 1. The Hall–Kier alpha value is -0.610. The molecule has 0 heterocycles. The summed E-state index contributed by atoms with van der Waals surface area (Å²) in [5.74, 6) is -0.894. The number of carboxylic acids is 1. The summed E-state index contributed by atoms with van der Waals surface area (Å²) in [7, 11) is 0. The van der Waals surface area contributed by atoms with E-state index < -0.39 is 12.0 Å². The summed E-state index contributed by atoms with van der Waals surface area (Å²) < 4.78 is 0. The van der Waals surface area contributed by atoms with E-state index in [0.29, 0.717) is 0 Å². The molecule has 1 unspecified atom stereocenters. The number of aliphatic hydroxyl groups is 1. The lowest BCUT2D eigenvalue weighted by atomic mass is 9.96. The average molecular weight is 203 g/mol. The normalized spacial score (nSPS) is 15.1. The fourth-order valence-corrected chi connectivity index (χ4v) is 1.35. The molecule has 0 aliphatic heterocycles. The third-order valence-electron chi connectivity index (χ3n) is 2.47. The first kappa shape index (κ1) is 13.4. The second-order valence-electron chi connectivity index (χ2n) is 3.77. The van der Waals surface area contributed by atoms with Crippen LogP contribution in [0, 0.1) is 5.92 Å². The van der Waals surface area contributed by atoms with Gasteiger partial charge in [0.15, 0.2) is 0 Å². The maximum atomic E-state index is 10.5. The van der Waals surface area contributed by atoms with Gasteiger partial charge in [0.05, 0.1) is 0 Å². The van der Waals surface area contributed by atoms with Crippen LogP contribution >= 0.6 is 0 Å². The zero-order valence-electron chi connectivity index (χ0n) is 8.78. The van der Waals surface area contributed by atoms with Crippen molar-refractivity contribution in [3.63, 3.8) is 0 Å². The summed E-state index contributed by atoms with van der Waals surface area (Å²) >= 11 is 0. The Morgan fingerprint density at radius 1 is 1.29 bits per heavy atom. The predicted octanol–water partition coefficient (Wildman–Crippen LogP) is 0.977. The molecular weight excluding hydrogens is 182 g/mol. The molecule has 0 radical (unpaired) electrons. The van der Waals surface area contributed by atoms with E-state index in [-0.39, 0.29) is 12.5 Å². The average Bonchev–Trinajstić information content (AvgIpc) is 2.16. The Morgan fingerprint density at radius 2 is 1.86 bits per heavy atom. The largest absolute Gasteiger partial charge is 0.480 e. The van der Waals surface area contributed by atoms with Gasteiger partial charge in [0.2, 0.25) is 0 Å². The van der Waals surface area contributed by atoms with Gasteiger partial charge >= 0.3 is 5.97 Å². The van der Waals surface area contributed by atoms with Crippen molar-refractivity contribution in [3.05, 3.63) is 0 Å². The molecule has 4 nitrogen and oxygen atoms in total. The van der Waals surface area contributed by atoms with Crippen LogP contribution in [0.25, 0.3) is 0 Å². The highest BCUT2D eigenvalue weighted by molar-refractivity contribution is 5.73. The molecule has 0 saturated carbocycles. The molecule has 0 aromatic carbocycles. The fraction of sp³-hybridized carbons (Fsp3) is 0.900. The minimum absolute atomic E-state index is 0.0293. The Kier molecular flexibility index (Phi) is 7.42. The molecule has 84 valence electrons. The smallest absolute Gasteiger partial charge is 0.320 e. The van der Waals surface area contributed by atoms with Gasteiger partial charge < -0.3 is 15.9 Å². The fourth-order valence-electron chi connectivity index (χ4n) is 1.35. The summed E-state index contributed by atoms with van der Waals surface area (Å²) in [6, 6.07) is -0.743. The van der Waals surface area contributed by atoms with Crippen LogP contribution < -0.4 is 5.73 Å². The van der Waals surface area contributed by atoms with Gasteiger partial charge in [-0.15, -0.1) is 0 Å². The first-order valence-electron chi connectivity index (χ1n) is 5.18. The quantitative estimate of drug-likeness (QED) is 0.513. The molecule has 0 aliphatic rings. The summed E-state index contributed by atoms with van der Waals surface area (Å²) in [6.07, 6.45) is 4.71. The molecule has 0 rings (SSSR count). The number of aliphatic carboxylic acids is 1. The topological polar surface area (TPSA) is 83.5 Å². The molecule has 0 amide bonds. The van der Waals surface area contributed by atoms with Gasteiger partial charge in [0, 0.05) is 6.61 Å². The zero-order valence-corrected chi connectivity index (χ0v) is 8.78. The maximum Gasteiger partial charge on any atom is 0.320 e. The van der Waals surface area contributed by atoms with Crippen LogP contribution in [-0.4, -0.2) is 28.8 Å². The van der Waals surface area contributed by atoms with Crippen LogP contribution in [0.3, 0.4) is 0 Å². The van der Waals surface area contributed by atoms with E-state index in [1.807, 2.05) is 6.92 Å². The highest BCUT2D eigenvalue weighted by Gasteiger charge is 2.18. The van der Waals surface area contributed by atoms with Crippen LogP contribution in [0.2, 0.25) is 0 Å². The van der Waals surface area contributed by atoms with E-state index in [1.165, 1.54) is 0 Å². The Balaban J connectivity index is 3.43. The number of rotatable bonds is 8. The highest BCUT2D eigenvalue weighted by Crippen LogP contribution is 2.12. The first-order valence-corrected chi connectivity index (χ1v) is 5.18. The minimum atomic E-state index is -0.923. The van der Waals surface area contributed by atoms with Crippen molar-refractivity contribution in [1.29, 1.82) is 0 Å². The third-order valence-corrected chi connectivity index (χ3v) is 2.47. The highest BCUT2D eigenvalue weighted by atomic mass is 16.4. The lowest BCUT2D eigenvalue weighted by Crippen LogP contribution is -2.36. The molecule has 0 spiro atoms. The Bertz CT molecular complexity index is 161. The van der Waals surface area contributed by atoms with E-state index in [2.05, 4.69) is 0 Å². The molecule has 0 saturated heterocycles. The van der Waals surface area contributed by atoms with E-state index in [0.717, 1.165) is 32.1 Å². The second-order valence-corrected chi connectivity index (χ2v) is 3.77.